The zero-order chi connectivity index (χ0) is 16.9. The van der Waals surface area contributed by atoms with E-state index in [4.69, 9.17) is 0 Å². The fraction of sp³-hybridized carbons (Fsp3) is 0.333. The van der Waals surface area contributed by atoms with Crippen LogP contribution in [0.4, 0.5) is 14.6 Å². The molecule has 1 fully saturated rings. The summed E-state index contributed by atoms with van der Waals surface area (Å²) in [5.41, 5.74) is 0.308. The topological polar surface area (TPSA) is 41.0 Å². The van der Waals surface area contributed by atoms with Crippen LogP contribution in [0.5, 0.6) is 0 Å². The molecule has 1 aliphatic rings. The van der Waals surface area contributed by atoms with Crippen molar-refractivity contribution in [1.82, 2.24) is 14.3 Å². The van der Waals surface area contributed by atoms with Gasteiger partial charge in [0, 0.05) is 42.6 Å². The van der Waals surface area contributed by atoms with Gasteiger partial charge in [0.05, 0.1) is 0 Å². The number of rotatable bonds is 7. The molecule has 1 aliphatic heterocycles. The van der Waals surface area contributed by atoms with Crippen molar-refractivity contribution in [3.8, 4) is 0 Å². The summed E-state index contributed by atoms with van der Waals surface area (Å²) in [7, 11) is 0. The molecule has 0 saturated carbocycles. The Bertz CT molecular complexity index is 713. The second kappa shape index (κ2) is 8.37. The normalized spacial score (nSPS) is 14.5. The summed E-state index contributed by atoms with van der Waals surface area (Å²) in [6, 6.07) is 6.07. The smallest absolute Gasteiger partial charge is 0.190 e. The number of hydrogen-bond acceptors (Lipinski definition) is 7. The first kappa shape index (κ1) is 17.8. The average Bonchev–Trinajstić information content (AvgIpc) is 2.54. The van der Waals surface area contributed by atoms with Crippen LogP contribution in [0.25, 0.3) is 0 Å². The van der Waals surface area contributed by atoms with Gasteiger partial charge in [-0.15, -0.1) is 11.8 Å². The largest absolute Gasteiger partial charge is 0.301 e. The monoisotopic (exact) mass is 386 g/mol. The minimum atomic E-state index is -0.833. The Hall–Kier alpha value is -1.03. The molecule has 0 bridgehead atoms. The molecule has 1 aromatic carbocycles. The second-order valence-corrected chi connectivity index (χ2v) is 7.73. The van der Waals surface area contributed by atoms with Crippen LogP contribution in [-0.4, -0.2) is 33.6 Å². The van der Waals surface area contributed by atoms with E-state index in [0.29, 0.717) is 16.5 Å². The van der Waals surface area contributed by atoms with Gasteiger partial charge < -0.3 is 4.72 Å². The van der Waals surface area contributed by atoms with Crippen LogP contribution in [0.3, 0.4) is 0 Å². The van der Waals surface area contributed by atoms with E-state index < -0.39 is 11.6 Å². The number of nitrogens with zero attached hydrogens (tertiary/aromatic N) is 3. The molecule has 0 spiro atoms. The van der Waals surface area contributed by atoms with Gasteiger partial charge in [-0.25, -0.2) is 23.1 Å². The SMILES string of the molecule is CSc1cc(NSN2CCC2)nc(SCc2cccc(F)c2F)n1. The zero-order valence-corrected chi connectivity index (χ0v) is 15.4. The van der Waals surface area contributed by atoms with Crippen molar-refractivity contribution in [2.24, 2.45) is 0 Å². The van der Waals surface area contributed by atoms with E-state index in [9.17, 15) is 8.78 Å². The maximum Gasteiger partial charge on any atom is 0.190 e. The number of halogens is 2. The fourth-order valence-electron chi connectivity index (χ4n) is 1.92. The summed E-state index contributed by atoms with van der Waals surface area (Å²) < 4.78 is 32.4. The van der Waals surface area contributed by atoms with Crippen LogP contribution in [0.15, 0.2) is 34.4 Å². The van der Waals surface area contributed by atoms with Gasteiger partial charge in [0.1, 0.15) is 10.8 Å². The molecular weight excluding hydrogens is 370 g/mol. The average molecular weight is 387 g/mol. The third kappa shape index (κ3) is 4.53. The lowest BCUT2D eigenvalue weighted by atomic mass is 10.2. The predicted octanol–water partition coefficient (Wildman–Crippen LogP) is 4.45. The van der Waals surface area contributed by atoms with Crippen molar-refractivity contribution < 1.29 is 8.78 Å². The molecule has 0 amide bonds. The fourth-order valence-corrected chi connectivity index (χ4v) is 3.98. The van der Waals surface area contributed by atoms with Gasteiger partial charge >= 0.3 is 0 Å². The second-order valence-electron chi connectivity index (χ2n) is 5.06. The summed E-state index contributed by atoms with van der Waals surface area (Å²) in [4.78, 5) is 8.86. The highest BCUT2D eigenvalue weighted by molar-refractivity contribution is 7.99. The number of hydrogen-bond donors (Lipinski definition) is 1. The van der Waals surface area contributed by atoms with E-state index >= 15 is 0 Å². The maximum absolute atomic E-state index is 13.7. The highest BCUT2D eigenvalue weighted by Crippen LogP contribution is 2.27. The van der Waals surface area contributed by atoms with E-state index in [1.807, 2.05) is 12.3 Å². The van der Waals surface area contributed by atoms with Crippen LogP contribution >= 0.6 is 35.7 Å². The van der Waals surface area contributed by atoms with Gasteiger partial charge in [-0.05, 0) is 18.7 Å². The predicted molar refractivity (Wildman–Crippen MR) is 97.1 cm³/mol. The van der Waals surface area contributed by atoms with E-state index in [2.05, 4.69) is 19.0 Å². The van der Waals surface area contributed by atoms with Crippen molar-refractivity contribution in [2.75, 3.05) is 24.1 Å². The minimum absolute atomic E-state index is 0.278. The summed E-state index contributed by atoms with van der Waals surface area (Å²) in [6.07, 6.45) is 3.16. The van der Waals surface area contributed by atoms with Gasteiger partial charge in [0.2, 0.25) is 0 Å². The quantitative estimate of drug-likeness (QED) is 0.326. The molecule has 1 N–H and O–H groups in total. The molecule has 0 radical (unpaired) electrons. The Balaban J connectivity index is 1.68. The van der Waals surface area contributed by atoms with Crippen molar-refractivity contribution in [2.45, 2.75) is 22.4 Å². The Morgan fingerprint density at radius 1 is 1.25 bits per heavy atom. The first-order chi connectivity index (χ1) is 11.7. The molecule has 0 aliphatic carbocycles. The van der Waals surface area contributed by atoms with Crippen molar-refractivity contribution in [3.05, 3.63) is 41.5 Å². The Morgan fingerprint density at radius 2 is 2.08 bits per heavy atom. The lowest BCUT2D eigenvalue weighted by molar-refractivity contribution is 0.345. The Morgan fingerprint density at radius 3 is 2.79 bits per heavy atom. The van der Waals surface area contributed by atoms with Gasteiger partial charge in [-0.1, -0.05) is 23.9 Å². The number of aromatic nitrogens is 2. The highest BCUT2D eigenvalue weighted by Gasteiger charge is 2.15. The van der Waals surface area contributed by atoms with Crippen LogP contribution in [0.1, 0.15) is 12.0 Å². The molecule has 0 atom stereocenters. The first-order valence-corrected chi connectivity index (χ1v) is 10.3. The Labute approximate surface area is 152 Å². The van der Waals surface area contributed by atoms with Crippen molar-refractivity contribution in [1.29, 1.82) is 0 Å². The minimum Gasteiger partial charge on any atom is -0.301 e. The van der Waals surface area contributed by atoms with Crippen molar-refractivity contribution >= 4 is 41.5 Å². The van der Waals surface area contributed by atoms with E-state index in [0.717, 1.165) is 24.2 Å². The molecule has 2 aromatic rings. The summed E-state index contributed by atoms with van der Waals surface area (Å²) in [5, 5.41) is 1.37. The molecule has 128 valence electrons. The van der Waals surface area contributed by atoms with Crippen LogP contribution in [-0.2, 0) is 5.75 Å². The highest BCUT2D eigenvalue weighted by atomic mass is 32.2. The molecule has 4 nitrogen and oxygen atoms in total. The number of anilines is 1. The van der Waals surface area contributed by atoms with Gasteiger partial charge in [-0.3, -0.25) is 0 Å². The molecule has 2 heterocycles. The third-order valence-electron chi connectivity index (χ3n) is 3.37. The molecule has 9 heteroatoms. The maximum atomic E-state index is 13.7. The number of thioether (sulfide) groups is 2. The number of benzene rings is 1. The summed E-state index contributed by atoms with van der Waals surface area (Å²) >= 11 is 4.33. The van der Waals surface area contributed by atoms with Crippen LogP contribution in [0.2, 0.25) is 0 Å². The zero-order valence-electron chi connectivity index (χ0n) is 13.0. The molecule has 3 rings (SSSR count). The molecule has 24 heavy (non-hydrogen) atoms. The van der Waals surface area contributed by atoms with Gasteiger partial charge in [-0.2, -0.15) is 0 Å². The van der Waals surface area contributed by atoms with E-state index in [1.54, 1.807) is 6.07 Å². The van der Waals surface area contributed by atoms with Crippen LogP contribution < -0.4 is 4.72 Å². The van der Waals surface area contributed by atoms with Gasteiger partial charge in [0.25, 0.3) is 0 Å². The summed E-state index contributed by atoms with van der Waals surface area (Å²) in [5.74, 6) is -0.647. The molecular formula is C15H16F2N4S3. The number of nitrogens with one attached hydrogen (secondary N) is 1. The lowest BCUT2D eigenvalue weighted by Crippen LogP contribution is -2.31. The molecule has 0 unspecified atom stereocenters. The van der Waals surface area contributed by atoms with Crippen LogP contribution in [0, 0.1) is 11.6 Å². The third-order valence-corrected chi connectivity index (χ3v) is 5.82. The van der Waals surface area contributed by atoms with Crippen molar-refractivity contribution in [3.63, 3.8) is 0 Å². The molecule has 1 aromatic heterocycles. The van der Waals surface area contributed by atoms with Gasteiger partial charge in [0.15, 0.2) is 16.8 Å². The Kier molecular flexibility index (Phi) is 6.20. The summed E-state index contributed by atoms with van der Waals surface area (Å²) in [6.45, 7) is 2.14. The standard InChI is InChI=1S/C15H16F2N4S3/c1-22-13-8-12(20-24-21-6-3-7-21)18-15(19-13)23-9-10-4-2-5-11(16)14(10)17/h2,4-5,8H,3,6-7,9H2,1H3,(H,18,19,20). The molecule has 1 saturated heterocycles. The van der Waals surface area contributed by atoms with E-state index in [-0.39, 0.29) is 5.75 Å². The van der Waals surface area contributed by atoms with E-state index in [1.165, 1.54) is 48.1 Å². The first-order valence-electron chi connectivity index (χ1n) is 7.32. The lowest BCUT2D eigenvalue weighted by Gasteiger charge is -2.28.